The second-order valence-electron chi connectivity index (χ2n) is 6.10. The average Bonchev–Trinajstić information content (AvgIpc) is 2.67. The molecule has 0 spiro atoms. The van der Waals surface area contributed by atoms with Crippen molar-refractivity contribution in [2.24, 2.45) is 5.92 Å². The summed E-state index contributed by atoms with van der Waals surface area (Å²) in [5.74, 6) is 1.16. The Morgan fingerprint density at radius 2 is 2.12 bits per heavy atom. The van der Waals surface area contributed by atoms with Gasteiger partial charge in [-0.1, -0.05) is 6.92 Å². The van der Waals surface area contributed by atoms with E-state index in [1.165, 1.54) is 0 Å². The van der Waals surface area contributed by atoms with Crippen molar-refractivity contribution in [3.05, 3.63) is 48.0 Å². The number of nitrogens with zero attached hydrogens (tertiary/aromatic N) is 4. The van der Waals surface area contributed by atoms with Crippen LogP contribution in [0, 0.1) is 5.92 Å². The van der Waals surface area contributed by atoms with Gasteiger partial charge in [-0.15, -0.1) is 0 Å². The Morgan fingerprint density at radius 1 is 1.29 bits per heavy atom. The fourth-order valence-electron chi connectivity index (χ4n) is 3.02. The van der Waals surface area contributed by atoms with Gasteiger partial charge >= 0.3 is 0 Å². The van der Waals surface area contributed by atoms with Crippen LogP contribution < -0.4 is 10.2 Å². The number of nitrogens with one attached hydrogen (secondary N) is 1. The maximum absolute atomic E-state index is 12.3. The molecule has 0 saturated carbocycles. The van der Waals surface area contributed by atoms with Crippen molar-refractivity contribution in [1.82, 2.24) is 20.3 Å². The molecule has 0 radical (unpaired) electrons. The Hall–Kier alpha value is -2.50. The lowest BCUT2D eigenvalue weighted by Crippen LogP contribution is -2.41. The summed E-state index contributed by atoms with van der Waals surface area (Å²) in [6.45, 7) is 4.55. The molecular weight excluding hydrogens is 302 g/mol. The van der Waals surface area contributed by atoms with Gasteiger partial charge in [-0.2, -0.15) is 0 Å². The molecule has 6 nitrogen and oxygen atoms in total. The molecule has 0 bridgehead atoms. The lowest BCUT2D eigenvalue weighted by atomic mass is 9.98. The van der Waals surface area contributed by atoms with Crippen molar-refractivity contribution in [1.29, 1.82) is 0 Å². The topological polar surface area (TPSA) is 71.0 Å². The SMILES string of the molecule is CCc1cc(C(=O)NCC2CCCN(c3ncccn3)C2)ccn1. The summed E-state index contributed by atoms with van der Waals surface area (Å²) in [6.07, 6.45) is 8.26. The summed E-state index contributed by atoms with van der Waals surface area (Å²) in [5.41, 5.74) is 1.62. The third kappa shape index (κ3) is 4.07. The van der Waals surface area contributed by atoms with Crippen molar-refractivity contribution in [2.75, 3.05) is 24.5 Å². The van der Waals surface area contributed by atoms with E-state index in [4.69, 9.17) is 0 Å². The number of piperidine rings is 1. The van der Waals surface area contributed by atoms with Crippen LogP contribution in [-0.2, 0) is 6.42 Å². The van der Waals surface area contributed by atoms with Crippen LogP contribution in [0.3, 0.4) is 0 Å². The zero-order valence-corrected chi connectivity index (χ0v) is 14.0. The number of anilines is 1. The smallest absolute Gasteiger partial charge is 0.251 e. The van der Waals surface area contributed by atoms with E-state index in [2.05, 4.69) is 25.2 Å². The fourth-order valence-corrected chi connectivity index (χ4v) is 3.02. The lowest BCUT2D eigenvalue weighted by Gasteiger charge is -2.32. The maximum atomic E-state index is 12.3. The zero-order chi connectivity index (χ0) is 16.8. The van der Waals surface area contributed by atoms with Gasteiger partial charge in [-0.25, -0.2) is 9.97 Å². The molecule has 126 valence electrons. The number of hydrogen-bond donors (Lipinski definition) is 1. The number of carbonyl (C=O) groups is 1. The van der Waals surface area contributed by atoms with E-state index in [9.17, 15) is 4.79 Å². The standard InChI is InChI=1S/C18H23N5O/c1-2-16-11-15(6-9-19-16)17(24)22-12-14-5-3-10-23(13-14)18-20-7-4-8-21-18/h4,6-9,11,14H,2-3,5,10,12-13H2,1H3,(H,22,24). The summed E-state index contributed by atoms with van der Waals surface area (Å²) in [5, 5.41) is 3.06. The van der Waals surface area contributed by atoms with Gasteiger partial charge in [0.2, 0.25) is 5.95 Å². The molecule has 1 amide bonds. The predicted octanol–water partition coefficient (Wildman–Crippen LogP) is 2.08. The largest absolute Gasteiger partial charge is 0.352 e. The predicted molar refractivity (Wildman–Crippen MR) is 92.9 cm³/mol. The quantitative estimate of drug-likeness (QED) is 0.911. The van der Waals surface area contributed by atoms with Crippen molar-refractivity contribution in [3.63, 3.8) is 0 Å². The number of rotatable bonds is 5. The molecule has 1 atom stereocenters. The van der Waals surface area contributed by atoms with Gasteiger partial charge in [0, 0.05) is 49.5 Å². The summed E-state index contributed by atoms with van der Waals surface area (Å²) in [4.78, 5) is 27.4. The van der Waals surface area contributed by atoms with Crippen LogP contribution in [-0.4, -0.2) is 40.5 Å². The molecule has 1 fully saturated rings. The van der Waals surface area contributed by atoms with Crippen molar-refractivity contribution < 1.29 is 4.79 Å². The summed E-state index contributed by atoms with van der Waals surface area (Å²) in [6, 6.07) is 5.45. The second-order valence-corrected chi connectivity index (χ2v) is 6.10. The van der Waals surface area contributed by atoms with E-state index in [0.29, 0.717) is 18.0 Å². The Morgan fingerprint density at radius 3 is 2.92 bits per heavy atom. The maximum Gasteiger partial charge on any atom is 0.251 e. The van der Waals surface area contributed by atoms with Crippen LogP contribution in [0.5, 0.6) is 0 Å². The second kappa shape index (κ2) is 7.86. The van der Waals surface area contributed by atoms with E-state index in [0.717, 1.165) is 44.0 Å². The van der Waals surface area contributed by atoms with Crippen LogP contribution in [0.1, 0.15) is 35.8 Å². The van der Waals surface area contributed by atoms with E-state index >= 15 is 0 Å². The Balaban J connectivity index is 1.55. The number of amides is 1. The van der Waals surface area contributed by atoms with E-state index in [-0.39, 0.29) is 5.91 Å². The minimum Gasteiger partial charge on any atom is -0.352 e. The molecule has 6 heteroatoms. The fraction of sp³-hybridized carbons (Fsp3) is 0.444. The van der Waals surface area contributed by atoms with E-state index in [1.54, 1.807) is 24.7 Å². The third-order valence-electron chi connectivity index (χ3n) is 4.35. The van der Waals surface area contributed by atoms with Crippen LogP contribution >= 0.6 is 0 Å². The molecule has 2 aromatic rings. The molecule has 0 aromatic carbocycles. The first-order valence-corrected chi connectivity index (χ1v) is 8.51. The minimum absolute atomic E-state index is 0.0276. The molecule has 3 rings (SSSR count). The molecule has 1 N–H and O–H groups in total. The first-order chi connectivity index (χ1) is 11.8. The highest BCUT2D eigenvalue weighted by molar-refractivity contribution is 5.94. The first kappa shape index (κ1) is 16.4. The van der Waals surface area contributed by atoms with Crippen LogP contribution in [0.2, 0.25) is 0 Å². The van der Waals surface area contributed by atoms with Gasteiger partial charge in [0.25, 0.3) is 5.91 Å². The van der Waals surface area contributed by atoms with Gasteiger partial charge in [-0.3, -0.25) is 9.78 Å². The summed E-state index contributed by atoms with van der Waals surface area (Å²) >= 11 is 0. The average molecular weight is 325 g/mol. The monoisotopic (exact) mass is 325 g/mol. The van der Waals surface area contributed by atoms with Crippen molar-refractivity contribution in [2.45, 2.75) is 26.2 Å². The van der Waals surface area contributed by atoms with Gasteiger partial charge in [-0.05, 0) is 43.4 Å². The molecule has 1 saturated heterocycles. The molecule has 2 aromatic heterocycles. The lowest BCUT2D eigenvalue weighted by molar-refractivity contribution is 0.0945. The number of aromatic nitrogens is 3. The highest BCUT2D eigenvalue weighted by Gasteiger charge is 2.22. The molecule has 1 aliphatic rings. The highest BCUT2D eigenvalue weighted by atomic mass is 16.1. The molecule has 3 heterocycles. The highest BCUT2D eigenvalue weighted by Crippen LogP contribution is 2.19. The Bertz CT molecular complexity index is 676. The van der Waals surface area contributed by atoms with Crippen LogP contribution in [0.25, 0.3) is 0 Å². The Kier molecular flexibility index (Phi) is 5.36. The van der Waals surface area contributed by atoms with Crippen molar-refractivity contribution >= 4 is 11.9 Å². The number of pyridine rings is 1. The van der Waals surface area contributed by atoms with E-state index < -0.39 is 0 Å². The normalized spacial score (nSPS) is 17.5. The zero-order valence-electron chi connectivity index (χ0n) is 14.0. The Labute approximate surface area is 142 Å². The molecule has 0 aliphatic carbocycles. The summed E-state index contributed by atoms with van der Waals surface area (Å²) < 4.78 is 0. The minimum atomic E-state index is -0.0276. The molecular formula is C18H23N5O. The van der Waals surface area contributed by atoms with Gasteiger partial charge in [0.15, 0.2) is 0 Å². The third-order valence-corrected chi connectivity index (χ3v) is 4.35. The van der Waals surface area contributed by atoms with Gasteiger partial charge in [0.1, 0.15) is 0 Å². The first-order valence-electron chi connectivity index (χ1n) is 8.51. The summed E-state index contributed by atoms with van der Waals surface area (Å²) in [7, 11) is 0. The van der Waals surface area contributed by atoms with Crippen LogP contribution in [0.15, 0.2) is 36.8 Å². The van der Waals surface area contributed by atoms with Gasteiger partial charge < -0.3 is 10.2 Å². The van der Waals surface area contributed by atoms with Gasteiger partial charge in [0.05, 0.1) is 0 Å². The van der Waals surface area contributed by atoms with Crippen molar-refractivity contribution in [3.8, 4) is 0 Å². The number of hydrogen-bond acceptors (Lipinski definition) is 5. The molecule has 1 unspecified atom stereocenters. The number of carbonyl (C=O) groups excluding carboxylic acids is 1. The molecule has 24 heavy (non-hydrogen) atoms. The van der Waals surface area contributed by atoms with Crippen LogP contribution in [0.4, 0.5) is 5.95 Å². The molecule has 1 aliphatic heterocycles. The van der Waals surface area contributed by atoms with E-state index in [1.807, 2.05) is 19.1 Å². The number of aryl methyl sites for hydroxylation is 1.